The normalized spacial score (nSPS) is 11.9. The molecule has 3 N–H and O–H groups in total. The fraction of sp³-hybridized carbons (Fsp3) is 0.300. The Kier molecular flexibility index (Phi) is 4.92. The second-order valence-electron chi connectivity index (χ2n) is 3.25. The number of methoxy groups -OCH3 is 1. The lowest BCUT2D eigenvalue weighted by atomic mass is 10.2. The lowest BCUT2D eigenvalue weighted by molar-refractivity contribution is -0.134. The van der Waals surface area contributed by atoms with Gasteiger partial charge in [0.15, 0.2) is 11.1 Å². The third kappa shape index (κ3) is 4.41. The van der Waals surface area contributed by atoms with E-state index in [-0.39, 0.29) is 12.3 Å². The van der Waals surface area contributed by atoms with E-state index in [1.807, 2.05) is 0 Å². The third-order valence-corrected chi connectivity index (χ3v) is 2.56. The van der Waals surface area contributed by atoms with Crippen LogP contribution in [0.3, 0.4) is 0 Å². The highest BCUT2D eigenvalue weighted by molar-refractivity contribution is 7.78. The number of carboxylic acid groups (broad SMARTS) is 1. The van der Waals surface area contributed by atoms with Gasteiger partial charge in [0, 0.05) is 0 Å². The molecule has 0 bridgehead atoms. The Bertz CT molecular complexity index is 435. The van der Waals surface area contributed by atoms with Crippen molar-refractivity contribution in [1.29, 1.82) is 0 Å². The molecule has 1 aromatic rings. The van der Waals surface area contributed by atoms with E-state index in [2.05, 4.69) is 5.32 Å². The van der Waals surface area contributed by atoms with Crippen LogP contribution >= 0.6 is 0 Å². The zero-order chi connectivity index (χ0) is 12.8. The number of rotatable bonds is 6. The molecule has 94 valence electrons. The highest BCUT2D eigenvalue weighted by Gasteiger charge is 2.07. The highest BCUT2D eigenvalue weighted by atomic mass is 32.2. The Morgan fingerprint density at radius 2 is 2.24 bits per heavy atom. The number of ether oxygens (including phenoxy) is 1. The van der Waals surface area contributed by atoms with Crippen molar-refractivity contribution in [3.05, 3.63) is 23.8 Å². The van der Waals surface area contributed by atoms with Crippen LogP contribution < -0.4 is 10.1 Å². The summed E-state index contributed by atoms with van der Waals surface area (Å²) in [4.78, 5) is 10.4. The van der Waals surface area contributed by atoms with E-state index in [1.165, 1.54) is 7.11 Å². The van der Waals surface area contributed by atoms with Gasteiger partial charge in [0.25, 0.3) is 0 Å². The van der Waals surface area contributed by atoms with Gasteiger partial charge in [-0.05, 0) is 17.7 Å². The standard InChI is InChI=1S/C10H13NO5S/c1-16-9-3-2-7(6-17(14)15)4-8(9)11-5-10(12)13/h2-4,11H,5-6H2,1H3,(H,12,13)(H,14,15). The van der Waals surface area contributed by atoms with Gasteiger partial charge in [-0.1, -0.05) is 6.07 Å². The topological polar surface area (TPSA) is 95.9 Å². The van der Waals surface area contributed by atoms with Gasteiger partial charge in [0.05, 0.1) is 18.6 Å². The van der Waals surface area contributed by atoms with Crippen molar-refractivity contribution in [2.24, 2.45) is 0 Å². The lowest BCUT2D eigenvalue weighted by Crippen LogP contribution is -2.13. The maximum Gasteiger partial charge on any atom is 0.322 e. The molecule has 0 heterocycles. The molecule has 1 unspecified atom stereocenters. The van der Waals surface area contributed by atoms with Gasteiger partial charge in [-0.15, -0.1) is 0 Å². The fourth-order valence-electron chi connectivity index (χ4n) is 1.30. The van der Waals surface area contributed by atoms with E-state index < -0.39 is 17.0 Å². The molecule has 1 rings (SSSR count). The van der Waals surface area contributed by atoms with E-state index >= 15 is 0 Å². The third-order valence-electron chi connectivity index (χ3n) is 1.98. The van der Waals surface area contributed by atoms with E-state index in [1.54, 1.807) is 18.2 Å². The van der Waals surface area contributed by atoms with Crippen LogP contribution in [0.2, 0.25) is 0 Å². The van der Waals surface area contributed by atoms with Gasteiger partial charge in [0.2, 0.25) is 0 Å². The van der Waals surface area contributed by atoms with Crippen LogP contribution in [0.4, 0.5) is 5.69 Å². The maximum absolute atomic E-state index is 10.7. The first-order valence-corrected chi connectivity index (χ1v) is 6.00. The summed E-state index contributed by atoms with van der Waals surface area (Å²) in [5, 5.41) is 11.2. The summed E-state index contributed by atoms with van der Waals surface area (Å²) in [6.07, 6.45) is 0. The number of anilines is 1. The minimum atomic E-state index is -1.93. The quantitative estimate of drug-likeness (QED) is 0.657. The Hall–Kier alpha value is -1.60. The van der Waals surface area contributed by atoms with E-state index in [0.29, 0.717) is 17.0 Å². The van der Waals surface area contributed by atoms with Gasteiger partial charge < -0.3 is 19.7 Å². The van der Waals surface area contributed by atoms with E-state index in [0.717, 1.165) is 0 Å². The molecular weight excluding hydrogens is 246 g/mol. The zero-order valence-corrected chi connectivity index (χ0v) is 9.99. The molecule has 0 aliphatic heterocycles. The largest absolute Gasteiger partial charge is 0.495 e. The van der Waals surface area contributed by atoms with Crippen LogP contribution in [-0.2, 0) is 21.6 Å². The predicted molar refractivity (Wildman–Crippen MR) is 63.6 cm³/mol. The molecule has 0 aliphatic rings. The van der Waals surface area contributed by atoms with Crippen molar-refractivity contribution < 1.29 is 23.4 Å². The first-order chi connectivity index (χ1) is 8.02. The summed E-state index contributed by atoms with van der Waals surface area (Å²) < 4.78 is 24.5. The van der Waals surface area contributed by atoms with Crippen molar-refractivity contribution >= 4 is 22.7 Å². The Balaban J connectivity index is 2.89. The summed E-state index contributed by atoms with van der Waals surface area (Å²) in [5.41, 5.74) is 1.11. The molecule has 0 aromatic heterocycles. The van der Waals surface area contributed by atoms with E-state index in [4.69, 9.17) is 14.4 Å². The maximum atomic E-state index is 10.7. The minimum absolute atomic E-state index is 0.00819. The van der Waals surface area contributed by atoms with Crippen molar-refractivity contribution in [2.75, 3.05) is 19.0 Å². The number of carboxylic acids is 1. The molecule has 17 heavy (non-hydrogen) atoms. The molecule has 0 radical (unpaired) electrons. The molecule has 6 nitrogen and oxygen atoms in total. The Morgan fingerprint density at radius 3 is 2.76 bits per heavy atom. The van der Waals surface area contributed by atoms with Crippen molar-refractivity contribution in [1.82, 2.24) is 0 Å². The van der Waals surface area contributed by atoms with Crippen LogP contribution in [0.1, 0.15) is 5.56 Å². The molecular formula is C10H13NO5S. The van der Waals surface area contributed by atoms with Gasteiger partial charge in [-0.3, -0.25) is 4.79 Å². The van der Waals surface area contributed by atoms with Crippen LogP contribution in [0.25, 0.3) is 0 Å². The Labute approximate surface area is 101 Å². The van der Waals surface area contributed by atoms with Gasteiger partial charge in [-0.2, -0.15) is 0 Å². The van der Waals surface area contributed by atoms with Crippen LogP contribution in [0, 0.1) is 0 Å². The van der Waals surface area contributed by atoms with Crippen molar-refractivity contribution in [2.45, 2.75) is 5.75 Å². The molecule has 1 aromatic carbocycles. The molecule has 7 heteroatoms. The summed E-state index contributed by atoms with van der Waals surface area (Å²) in [5.74, 6) is -0.520. The van der Waals surface area contributed by atoms with Gasteiger partial charge >= 0.3 is 5.97 Å². The number of hydrogen-bond acceptors (Lipinski definition) is 4. The molecule has 0 aliphatic carbocycles. The second kappa shape index (κ2) is 6.21. The van der Waals surface area contributed by atoms with Crippen LogP contribution in [0.5, 0.6) is 5.75 Å². The Morgan fingerprint density at radius 1 is 1.53 bits per heavy atom. The molecule has 0 saturated heterocycles. The number of aliphatic carboxylic acids is 1. The minimum Gasteiger partial charge on any atom is -0.495 e. The average Bonchev–Trinajstić information content (AvgIpc) is 2.25. The highest BCUT2D eigenvalue weighted by Crippen LogP contribution is 2.25. The van der Waals surface area contributed by atoms with Crippen LogP contribution in [0.15, 0.2) is 18.2 Å². The summed E-state index contributed by atoms with van der Waals surface area (Å²) in [6, 6.07) is 4.86. The SMILES string of the molecule is COc1ccc(CS(=O)O)cc1NCC(=O)O. The fourth-order valence-corrected chi connectivity index (χ4v) is 1.76. The summed E-state index contributed by atoms with van der Waals surface area (Å²) in [6.45, 7) is -0.248. The van der Waals surface area contributed by atoms with E-state index in [9.17, 15) is 9.00 Å². The average molecular weight is 259 g/mol. The predicted octanol–water partition coefficient (Wildman–Crippen LogP) is 0.913. The first-order valence-electron chi connectivity index (χ1n) is 4.73. The monoisotopic (exact) mass is 259 g/mol. The summed E-state index contributed by atoms with van der Waals surface area (Å²) in [7, 11) is 1.46. The smallest absolute Gasteiger partial charge is 0.322 e. The van der Waals surface area contributed by atoms with Gasteiger partial charge in [-0.25, -0.2) is 4.21 Å². The molecule has 0 spiro atoms. The number of nitrogens with one attached hydrogen (secondary N) is 1. The molecule has 0 amide bonds. The summed E-state index contributed by atoms with van der Waals surface area (Å²) >= 11 is -1.93. The number of benzene rings is 1. The second-order valence-corrected chi connectivity index (χ2v) is 4.18. The van der Waals surface area contributed by atoms with Crippen LogP contribution in [-0.4, -0.2) is 33.5 Å². The van der Waals surface area contributed by atoms with Crippen molar-refractivity contribution in [3.8, 4) is 5.75 Å². The molecule has 1 atom stereocenters. The van der Waals surface area contributed by atoms with Crippen molar-refractivity contribution in [3.63, 3.8) is 0 Å². The lowest BCUT2D eigenvalue weighted by Gasteiger charge is -2.11. The van der Waals surface area contributed by atoms with Gasteiger partial charge in [0.1, 0.15) is 12.3 Å². The zero-order valence-electron chi connectivity index (χ0n) is 9.17. The molecule has 0 saturated carbocycles. The molecule has 0 fully saturated rings. The number of hydrogen-bond donors (Lipinski definition) is 3. The first kappa shape index (κ1) is 13.5. The number of carbonyl (C=O) groups is 1.